The predicted octanol–water partition coefficient (Wildman–Crippen LogP) is 2.12. The molecule has 2 amide bonds. The molecule has 3 heterocycles. The van der Waals surface area contributed by atoms with Gasteiger partial charge in [0.15, 0.2) is 0 Å². The Labute approximate surface area is 165 Å². The number of nitrogens with zero attached hydrogens (tertiary/aromatic N) is 2. The molecule has 8 heteroatoms. The lowest BCUT2D eigenvalue weighted by molar-refractivity contribution is -0.119. The molecule has 0 bridgehead atoms. The molecular formula is C21H19FN4O3. The quantitative estimate of drug-likeness (QED) is 0.649. The standard InChI is InChI=1S/C21H19FN4O3/c1-11(27)23-8-7-14-16(9-12-3-5-13(22)6-4-12)26(2)20-17(14)18-15(10-24-20)25-21(29)19(18)28/h3-6,10H,7-9H2,1-2H3,(H,23,27)(H,25,28,29). The lowest BCUT2D eigenvalue weighted by Gasteiger charge is -2.09. The lowest BCUT2D eigenvalue weighted by Crippen LogP contribution is -2.22. The number of hydrogen-bond donors (Lipinski definition) is 2. The van der Waals surface area contributed by atoms with Crippen LogP contribution in [-0.4, -0.2) is 33.7 Å². The van der Waals surface area contributed by atoms with Gasteiger partial charge in [-0.2, -0.15) is 0 Å². The second-order valence-corrected chi connectivity index (χ2v) is 7.05. The van der Waals surface area contributed by atoms with Crippen molar-refractivity contribution in [2.24, 2.45) is 7.05 Å². The first-order valence-electron chi connectivity index (χ1n) is 9.20. The molecule has 3 aromatic rings. The van der Waals surface area contributed by atoms with Crippen molar-refractivity contribution in [1.82, 2.24) is 14.9 Å². The Hall–Kier alpha value is -3.55. The fourth-order valence-corrected chi connectivity index (χ4v) is 3.79. The number of amides is 2. The number of anilines is 1. The number of Topliss-reactive ketones (excluding diaryl/α,β-unsaturated/α-hetero) is 1. The molecule has 0 saturated carbocycles. The molecule has 0 saturated heterocycles. The van der Waals surface area contributed by atoms with Gasteiger partial charge in [-0.15, -0.1) is 0 Å². The van der Waals surface area contributed by atoms with Crippen molar-refractivity contribution < 1.29 is 18.8 Å². The van der Waals surface area contributed by atoms with Gasteiger partial charge in [0, 0.05) is 38.0 Å². The average molecular weight is 394 g/mol. The summed E-state index contributed by atoms with van der Waals surface area (Å²) in [4.78, 5) is 40.2. The molecule has 29 heavy (non-hydrogen) atoms. The summed E-state index contributed by atoms with van der Waals surface area (Å²) < 4.78 is 15.2. The molecule has 0 radical (unpaired) electrons. The molecule has 1 aliphatic heterocycles. The van der Waals surface area contributed by atoms with Crippen molar-refractivity contribution in [3.63, 3.8) is 0 Å². The van der Waals surface area contributed by atoms with E-state index in [0.717, 1.165) is 16.8 Å². The minimum Gasteiger partial charge on any atom is -0.356 e. The van der Waals surface area contributed by atoms with Crippen LogP contribution in [0, 0.1) is 5.82 Å². The van der Waals surface area contributed by atoms with Crippen molar-refractivity contribution in [1.29, 1.82) is 0 Å². The fourth-order valence-electron chi connectivity index (χ4n) is 3.79. The number of carbonyl (C=O) groups excluding carboxylic acids is 3. The van der Waals surface area contributed by atoms with Gasteiger partial charge >= 0.3 is 0 Å². The molecule has 0 spiro atoms. The van der Waals surface area contributed by atoms with E-state index in [1.165, 1.54) is 25.3 Å². The molecular weight excluding hydrogens is 375 g/mol. The topological polar surface area (TPSA) is 93.1 Å². The van der Waals surface area contributed by atoms with Gasteiger partial charge < -0.3 is 15.2 Å². The van der Waals surface area contributed by atoms with E-state index in [4.69, 9.17) is 0 Å². The van der Waals surface area contributed by atoms with Crippen LogP contribution in [-0.2, 0) is 29.5 Å². The lowest BCUT2D eigenvalue weighted by atomic mass is 9.99. The Kier molecular flexibility index (Phi) is 4.62. The number of aryl methyl sites for hydroxylation is 1. The van der Waals surface area contributed by atoms with Crippen molar-refractivity contribution in [2.75, 3.05) is 11.9 Å². The van der Waals surface area contributed by atoms with Crippen molar-refractivity contribution in [3.05, 3.63) is 58.7 Å². The minimum absolute atomic E-state index is 0.151. The molecule has 7 nitrogen and oxygen atoms in total. The first-order chi connectivity index (χ1) is 13.9. The molecule has 4 rings (SSSR count). The molecule has 2 aromatic heterocycles. The molecule has 0 unspecified atom stereocenters. The number of rotatable bonds is 5. The smallest absolute Gasteiger partial charge is 0.296 e. The van der Waals surface area contributed by atoms with Gasteiger partial charge in [-0.05, 0) is 29.7 Å². The van der Waals surface area contributed by atoms with Crippen molar-refractivity contribution >= 4 is 34.3 Å². The van der Waals surface area contributed by atoms with Crippen LogP contribution >= 0.6 is 0 Å². The Morgan fingerprint density at radius 3 is 2.66 bits per heavy atom. The number of carbonyl (C=O) groups is 3. The maximum Gasteiger partial charge on any atom is 0.296 e. The van der Waals surface area contributed by atoms with Gasteiger partial charge in [0.1, 0.15) is 11.5 Å². The van der Waals surface area contributed by atoms with Crippen LogP contribution in [0.5, 0.6) is 0 Å². The third-order valence-electron chi connectivity index (χ3n) is 5.15. The molecule has 148 valence electrons. The molecule has 0 fully saturated rings. The Morgan fingerprint density at radius 1 is 1.24 bits per heavy atom. The molecule has 0 aliphatic carbocycles. The first-order valence-corrected chi connectivity index (χ1v) is 9.20. The third-order valence-corrected chi connectivity index (χ3v) is 5.15. The van der Waals surface area contributed by atoms with Crippen LogP contribution in [0.2, 0.25) is 0 Å². The summed E-state index contributed by atoms with van der Waals surface area (Å²) in [7, 11) is 1.84. The highest BCUT2D eigenvalue weighted by molar-refractivity contribution is 6.53. The minimum atomic E-state index is -0.675. The molecule has 1 aliphatic rings. The fraction of sp³-hybridized carbons (Fsp3) is 0.238. The van der Waals surface area contributed by atoms with Crippen LogP contribution in [0.4, 0.5) is 10.1 Å². The van der Waals surface area contributed by atoms with Crippen LogP contribution in [0.25, 0.3) is 11.0 Å². The summed E-state index contributed by atoms with van der Waals surface area (Å²) in [6.45, 7) is 1.82. The normalized spacial score (nSPS) is 12.9. The number of pyridine rings is 1. The zero-order chi connectivity index (χ0) is 20.7. The maximum atomic E-state index is 13.3. The van der Waals surface area contributed by atoms with Gasteiger partial charge in [0.2, 0.25) is 5.91 Å². The van der Waals surface area contributed by atoms with Gasteiger partial charge in [0.05, 0.1) is 17.4 Å². The van der Waals surface area contributed by atoms with Gasteiger partial charge in [0.25, 0.3) is 11.7 Å². The zero-order valence-corrected chi connectivity index (χ0v) is 16.0. The van der Waals surface area contributed by atoms with Crippen LogP contribution in [0.15, 0.2) is 30.5 Å². The molecule has 0 atom stereocenters. The maximum absolute atomic E-state index is 13.3. The summed E-state index contributed by atoms with van der Waals surface area (Å²) in [5.41, 5.74) is 3.93. The van der Waals surface area contributed by atoms with E-state index in [0.29, 0.717) is 41.7 Å². The zero-order valence-electron chi connectivity index (χ0n) is 16.0. The number of halogens is 1. The largest absolute Gasteiger partial charge is 0.356 e. The SMILES string of the molecule is CC(=O)NCCc1c(Cc2ccc(F)cc2)n(C)c2ncc3c(c12)C(=O)C(=O)N3. The van der Waals surface area contributed by atoms with E-state index in [9.17, 15) is 18.8 Å². The summed E-state index contributed by atoms with van der Waals surface area (Å²) in [5.74, 6) is -1.73. The van der Waals surface area contributed by atoms with Gasteiger partial charge in [-0.3, -0.25) is 14.4 Å². The van der Waals surface area contributed by atoms with Crippen molar-refractivity contribution in [2.45, 2.75) is 19.8 Å². The Morgan fingerprint density at radius 2 is 1.97 bits per heavy atom. The average Bonchev–Trinajstić information content (AvgIpc) is 3.11. The van der Waals surface area contributed by atoms with Crippen LogP contribution in [0.1, 0.15) is 34.1 Å². The van der Waals surface area contributed by atoms with E-state index in [1.54, 1.807) is 12.1 Å². The molecule has 2 N–H and O–H groups in total. The summed E-state index contributed by atoms with van der Waals surface area (Å²) in [6, 6.07) is 6.21. The van der Waals surface area contributed by atoms with Gasteiger partial charge in [-0.25, -0.2) is 9.37 Å². The highest BCUT2D eigenvalue weighted by Gasteiger charge is 2.33. The second kappa shape index (κ2) is 7.12. The number of aromatic nitrogens is 2. The van der Waals surface area contributed by atoms with Crippen LogP contribution < -0.4 is 10.6 Å². The van der Waals surface area contributed by atoms with E-state index in [1.807, 2.05) is 11.6 Å². The second-order valence-electron chi connectivity index (χ2n) is 7.05. The Balaban J connectivity index is 1.88. The third kappa shape index (κ3) is 3.26. The van der Waals surface area contributed by atoms with E-state index >= 15 is 0 Å². The monoisotopic (exact) mass is 394 g/mol. The summed E-state index contributed by atoms with van der Waals surface area (Å²) in [5, 5.41) is 5.94. The first kappa shape index (κ1) is 18.8. The number of nitrogens with one attached hydrogen (secondary N) is 2. The summed E-state index contributed by atoms with van der Waals surface area (Å²) >= 11 is 0. The van der Waals surface area contributed by atoms with Crippen LogP contribution in [0.3, 0.4) is 0 Å². The Bertz CT molecular complexity index is 1170. The van der Waals surface area contributed by atoms with Gasteiger partial charge in [-0.1, -0.05) is 12.1 Å². The van der Waals surface area contributed by atoms with E-state index < -0.39 is 11.7 Å². The van der Waals surface area contributed by atoms with Crippen molar-refractivity contribution in [3.8, 4) is 0 Å². The number of ketones is 1. The number of benzene rings is 1. The highest BCUT2D eigenvalue weighted by Crippen LogP contribution is 2.35. The number of fused-ring (bicyclic) bond motifs is 3. The molecule has 1 aromatic carbocycles. The highest BCUT2D eigenvalue weighted by atomic mass is 19.1. The van der Waals surface area contributed by atoms with E-state index in [2.05, 4.69) is 15.6 Å². The van der Waals surface area contributed by atoms with E-state index in [-0.39, 0.29) is 11.7 Å². The number of hydrogen-bond acceptors (Lipinski definition) is 4. The summed E-state index contributed by atoms with van der Waals surface area (Å²) in [6.07, 6.45) is 2.44. The predicted molar refractivity (Wildman–Crippen MR) is 105 cm³/mol.